The summed E-state index contributed by atoms with van der Waals surface area (Å²) in [5.74, 6) is 0. The van der Waals surface area contributed by atoms with Crippen molar-refractivity contribution >= 4 is 10.9 Å². The molecule has 0 amide bonds. The van der Waals surface area contributed by atoms with Crippen LogP contribution in [0, 0.1) is 6.92 Å². The monoisotopic (exact) mass is 162 g/mol. The summed E-state index contributed by atoms with van der Waals surface area (Å²) in [6.07, 6.45) is 2.03. The van der Waals surface area contributed by atoms with Crippen LogP contribution in [-0.2, 0) is 7.05 Å². The molecular weight excluding hydrogens is 148 g/mol. The third-order valence-electron chi connectivity index (χ3n) is 1.77. The number of aromatic nitrogens is 2. The first-order chi connectivity index (χ1) is 5.25. The van der Waals surface area contributed by atoms with Crippen LogP contribution in [0.15, 0.2) is 24.4 Å². The lowest BCUT2D eigenvalue weighted by molar-refractivity contribution is 0.780. The van der Waals surface area contributed by atoms with Gasteiger partial charge in [0.05, 0.1) is 5.52 Å². The maximum Gasteiger partial charge on any atom is 0.0923 e. The summed E-state index contributed by atoms with van der Waals surface area (Å²) in [5, 5.41) is 5.49. The number of rotatable bonds is 0. The third-order valence-corrected chi connectivity index (χ3v) is 1.77. The maximum atomic E-state index is 4.27. The van der Waals surface area contributed by atoms with Crippen molar-refractivity contribution in [1.29, 1.82) is 0 Å². The van der Waals surface area contributed by atoms with Crippen LogP contribution in [0.25, 0.3) is 10.9 Å². The van der Waals surface area contributed by atoms with Crippen LogP contribution in [0.5, 0.6) is 0 Å². The van der Waals surface area contributed by atoms with Crippen molar-refractivity contribution < 1.29 is 0 Å². The quantitative estimate of drug-likeness (QED) is 0.582. The van der Waals surface area contributed by atoms with E-state index in [9.17, 15) is 0 Å². The molecule has 0 aliphatic rings. The van der Waals surface area contributed by atoms with Crippen LogP contribution >= 0.6 is 0 Å². The van der Waals surface area contributed by atoms with Crippen LogP contribution in [-0.4, -0.2) is 9.78 Å². The van der Waals surface area contributed by atoms with Gasteiger partial charge in [0.2, 0.25) is 0 Å². The van der Waals surface area contributed by atoms with Crippen LogP contribution in [0.2, 0.25) is 0 Å². The predicted octanol–water partition coefficient (Wildman–Crippen LogP) is 2.52. The van der Waals surface area contributed by atoms with Crippen molar-refractivity contribution in [3.8, 4) is 0 Å². The average molecular weight is 162 g/mol. The fourth-order valence-electron chi connectivity index (χ4n) is 1.27. The first kappa shape index (κ1) is 8.78. The molecule has 2 heteroatoms. The number of benzene rings is 1. The van der Waals surface area contributed by atoms with Gasteiger partial charge in [0, 0.05) is 18.6 Å². The second-order valence-corrected chi connectivity index (χ2v) is 2.87. The van der Waals surface area contributed by atoms with E-state index >= 15 is 0 Å². The van der Waals surface area contributed by atoms with Gasteiger partial charge >= 0.3 is 0 Å². The second-order valence-electron chi connectivity index (χ2n) is 2.87. The Morgan fingerprint density at radius 1 is 1.33 bits per heavy atom. The standard InChI is InChI=1S/C9H10N2.CH4/c1-7-3-4-9-8(5-7)6-11(2)10-9;/h3-6H,1-2H3;1H4. The number of hydrogen-bond acceptors (Lipinski definition) is 1. The summed E-state index contributed by atoms with van der Waals surface area (Å²) in [6, 6.07) is 6.27. The topological polar surface area (TPSA) is 17.8 Å². The van der Waals surface area contributed by atoms with Crippen molar-refractivity contribution in [3.63, 3.8) is 0 Å². The van der Waals surface area contributed by atoms with E-state index in [0.717, 1.165) is 5.52 Å². The lowest BCUT2D eigenvalue weighted by Gasteiger charge is -1.88. The van der Waals surface area contributed by atoms with Gasteiger partial charge in [-0.2, -0.15) is 5.10 Å². The van der Waals surface area contributed by atoms with E-state index in [0.29, 0.717) is 0 Å². The van der Waals surface area contributed by atoms with Crippen LogP contribution in [0.3, 0.4) is 0 Å². The van der Waals surface area contributed by atoms with Gasteiger partial charge < -0.3 is 0 Å². The fourth-order valence-corrected chi connectivity index (χ4v) is 1.27. The van der Waals surface area contributed by atoms with E-state index in [1.807, 2.05) is 24.0 Å². The smallest absolute Gasteiger partial charge is 0.0923 e. The Balaban J connectivity index is 0.000000720. The van der Waals surface area contributed by atoms with Gasteiger partial charge in [0.25, 0.3) is 0 Å². The number of hydrogen-bond donors (Lipinski definition) is 0. The van der Waals surface area contributed by atoms with Crippen molar-refractivity contribution in [2.75, 3.05) is 0 Å². The predicted molar refractivity (Wildman–Crippen MR) is 52.2 cm³/mol. The summed E-state index contributed by atoms with van der Waals surface area (Å²) in [5.41, 5.74) is 2.35. The molecule has 1 heterocycles. The molecule has 0 bridgehead atoms. The molecule has 0 fully saturated rings. The van der Waals surface area contributed by atoms with E-state index in [1.54, 1.807) is 0 Å². The summed E-state index contributed by atoms with van der Waals surface area (Å²) >= 11 is 0. The molecule has 0 saturated carbocycles. The maximum absolute atomic E-state index is 4.27. The Morgan fingerprint density at radius 3 is 2.83 bits per heavy atom. The zero-order valence-electron chi connectivity index (χ0n) is 6.70. The van der Waals surface area contributed by atoms with Gasteiger partial charge in [-0.15, -0.1) is 0 Å². The minimum absolute atomic E-state index is 0. The van der Waals surface area contributed by atoms with Gasteiger partial charge in [0.15, 0.2) is 0 Å². The molecule has 0 unspecified atom stereocenters. The highest BCUT2D eigenvalue weighted by Gasteiger charge is 1.95. The zero-order valence-corrected chi connectivity index (χ0v) is 6.70. The van der Waals surface area contributed by atoms with E-state index in [-0.39, 0.29) is 7.43 Å². The minimum atomic E-state index is 0. The third kappa shape index (κ3) is 1.33. The first-order valence-electron chi connectivity index (χ1n) is 3.66. The molecule has 1 aromatic heterocycles. The molecular formula is C10H14N2. The lowest BCUT2D eigenvalue weighted by Crippen LogP contribution is -1.84. The van der Waals surface area contributed by atoms with Gasteiger partial charge in [-0.25, -0.2) is 0 Å². The summed E-state index contributed by atoms with van der Waals surface area (Å²) in [6.45, 7) is 2.09. The van der Waals surface area contributed by atoms with E-state index in [4.69, 9.17) is 0 Å². The first-order valence-corrected chi connectivity index (χ1v) is 3.66. The molecule has 0 N–H and O–H groups in total. The minimum Gasteiger partial charge on any atom is -0.275 e. The van der Waals surface area contributed by atoms with Crippen LogP contribution < -0.4 is 0 Å². The van der Waals surface area contributed by atoms with Crippen LogP contribution in [0.1, 0.15) is 13.0 Å². The van der Waals surface area contributed by atoms with Crippen molar-refractivity contribution in [2.45, 2.75) is 14.4 Å². The van der Waals surface area contributed by atoms with E-state index in [1.165, 1.54) is 10.9 Å². The van der Waals surface area contributed by atoms with Gasteiger partial charge in [-0.05, 0) is 19.1 Å². The molecule has 2 rings (SSSR count). The molecule has 1 aromatic carbocycles. The van der Waals surface area contributed by atoms with E-state index in [2.05, 4.69) is 24.2 Å². The van der Waals surface area contributed by atoms with Crippen molar-refractivity contribution in [3.05, 3.63) is 30.0 Å². The summed E-state index contributed by atoms with van der Waals surface area (Å²) in [4.78, 5) is 0. The van der Waals surface area contributed by atoms with Gasteiger partial charge in [-0.3, -0.25) is 4.68 Å². The molecule has 0 atom stereocenters. The van der Waals surface area contributed by atoms with Gasteiger partial charge in [0.1, 0.15) is 0 Å². The molecule has 0 saturated heterocycles. The van der Waals surface area contributed by atoms with Crippen molar-refractivity contribution in [2.24, 2.45) is 7.05 Å². The number of fused-ring (bicyclic) bond motifs is 1. The molecule has 0 aliphatic carbocycles. The average Bonchev–Trinajstić information content (AvgIpc) is 2.27. The molecule has 2 aromatic rings. The SMILES string of the molecule is C.Cc1ccc2nn(C)cc2c1. The van der Waals surface area contributed by atoms with E-state index < -0.39 is 0 Å². The summed E-state index contributed by atoms with van der Waals surface area (Å²) < 4.78 is 1.84. The number of aryl methyl sites for hydroxylation is 2. The summed E-state index contributed by atoms with van der Waals surface area (Å²) in [7, 11) is 1.94. The molecule has 0 radical (unpaired) electrons. The highest BCUT2D eigenvalue weighted by molar-refractivity contribution is 5.78. The highest BCUT2D eigenvalue weighted by atomic mass is 15.2. The van der Waals surface area contributed by atoms with Gasteiger partial charge in [-0.1, -0.05) is 19.1 Å². The van der Waals surface area contributed by atoms with Crippen LogP contribution in [0.4, 0.5) is 0 Å². The largest absolute Gasteiger partial charge is 0.275 e. The fraction of sp³-hybridized carbons (Fsp3) is 0.300. The number of nitrogens with zero attached hydrogens (tertiary/aromatic N) is 2. The molecule has 0 aliphatic heterocycles. The molecule has 12 heavy (non-hydrogen) atoms. The highest BCUT2D eigenvalue weighted by Crippen LogP contribution is 2.12. The van der Waals surface area contributed by atoms with Crippen molar-refractivity contribution in [1.82, 2.24) is 9.78 Å². The molecule has 64 valence electrons. The Kier molecular flexibility index (Phi) is 2.18. The zero-order chi connectivity index (χ0) is 7.84. The normalized spacial score (nSPS) is 9.83. The lowest BCUT2D eigenvalue weighted by atomic mass is 10.2. The Morgan fingerprint density at radius 2 is 2.08 bits per heavy atom. The second kappa shape index (κ2) is 2.97. The Labute approximate surface area is 72.8 Å². The Hall–Kier alpha value is -1.31. The molecule has 2 nitrogen and oxygen atoms in total. The Bertz CT molecular complexity index is 388. The molecule has 0 spiro atoms.